The number of hydrogen-bond donors (Lipinski definition) is 0. The second kappa shape index (κ2) is 2.34. The first-order valence-corrected chi connectivity index (χ1v) is 3.73. The number of rotatable bonds is 1. The smallest absolute Gasteiger partial charge is 0.311 e. The quantitative estimate of drug-likeness (QED) is 0.407. The lowest BCUT2D eigenvalue weighted by Gasteiger charge is -2.11. The van der Waals surface area contributed by atoms with Crippen molar-refractivity contribution in [3.8, 4) is 0 Å². The summed E-state index contributed by atoms with van der Waals surface area (Å²) in [5.41, 5.74) is 0. The van der Waals surface area contributed by atoms with E-state index in [4.69, 9.17) is 4.74 Å². The van der Waals surface area contributed by atoms with Crippen molar-refractivity contribution in [2.24, 2.45) is 5.92 Å². The Bertz CT molecular complexity index is 209. The van der Waals surface area contributed by atoms with Crippen molar-refractivity contribution in [2.45, 2.75) is 18.6 Å². The number of fused-ring (bicyclic) bond motifs is 2. The van der Waals surface area contributed by atoms with Crippen LogP contribution in [0.2, 0.25) is 0 Å². The summed E-state index contributed by atoms with van der Waals surface area (Å²) in [5, 5.41) is 0. The van der Waals surface area contributed by atoms with Crippen molar-refractivity contribution in [1.29, 1.82) is 0 Å². The van der Waals surface area contributed by atoms with E-state index in [2.05, 4.69) is 4.74 Å². The molecule has 2 aliphatic heterocycles. The van der Waals surface area contributed by atoms with Gasteiger partial charge in [0.1, 0.15) is 0 Å². The zero-order valence-corrected chi connectivity index (χ0v) is 6.32. The van der Waals surface area contributed by atoms with Crippen LogP contribution in [0.3, 0.4) is 0 Å². The molecule has 3 nitrogen and oxygen atoms in total. The van der Waals surface area contributed by atoms with Crippen molar-refractivity contribution in [3.63, 3.8) is 0 Å². The van der Waals surface area contributed by atoms with Crippen LogP contribution in [0.5, 0.6) is 0 Å². The van der Waals surface area contributed by atoms with Crippen molar-refractivity contribution < 1.29 is 14.3 Å². The Balaban J connectivity index is 2.08. The molecule has 2 bridgehead atoms. The topological polar surface area (TPSA) is 35.5 Å². The molecule has 0 radical (unpaired) electrons. The second-order valence-electron chi connectivity index (χ2n) is 2.89. The number of carbonyl (C=O) groups is 1. The standard InChI is InChI=1S/C8H10O3/c1-10-8(9)6-4-5-2-3-7(6)11-5/h2-3,5-7H,4H2,1H3/t5-,6-,7-/m1/s1. The average Bonchev–Trinajstić information content (AvgIpc) is 2.62. The summed E-state index contributed by atoms with van der Waals surface area (Å²) in [4.78, 5) is 11.1. The third kappa shape index (κ3) is 0.959. The van der Waals surface area contributed by atoms with E-state index in [-0.39, 0.29) is 24.1 Å². The van der Waals surface area contributed by atoms with Gasteiger partial charge in [0.2, 0.25) is 0 Å². The van der Waals surface area contributed by atoms with Crippen molar-refractivity contribution in [2.75, 3.05) is 7.11 Å². The van der Waals surface area contributed by atoms with Gasteiger partial charge in [-0.2, -0.15) is 0 Å². The minimum absolute atomic E-state index is 0.0209. The SMILES string of the molecule is COC(=O)[C@@H]1C[C@H]2C=C[C@H]1O2. The number of hydrogen-bond acceptors (Lipinski definition) is 3. The lowest BCUT2D eigenvalue weighted by atomic mass is 9.95. The normalized spacial score (nSPS) is 39.5. The molecule has 2 aliphatic rings. The fourth-order valence-electron chi connectivity index (χ4n) is 1.66. The van der Waals surface area contributed by atoms with E-state index in [9.17, 15) is 4.79 Å². The van der Waals surface area contributed by atoms with Crippen LogP contribution in [0.15, 0.2) is 12.2 Å². The maximum Gasteiger partial charge on any atom is 0.311 e. The van der Waals surface area contributed by atoms with E-state index in [1.165, 1.54) is 7.11 Å². The summed E-state index contributed by atoms with van der Waals surface area (Å²) >= 11 is 0. The first-order chi connectivity index (χ1) is 5.31. The molecule has 2 heterocycles. The van der Waals surface area contributed by atoms with Crippen LogP contribution in [-0.2, 0) is 14.3 Å². The Labute approximate surface area is 65.0 Å². The second-order valence-corrected chi connectivity index (χ2v) is 2.89. The molecule has 0 saturated carbocycles. The maximum absolute atomic E-state index is 11.1. The fraction of sp³-hybridized carbons (Fsp3) is 0.625. The zero-order chi connectivity index (χ0) is 7.84. The molecular weight excluding hydrogens is 144 g/mol. The van der Waals surface area contributed by atoms with Crippen LogP contribution < -0.4 is 0 Å². The molecule has 60 valence electrons. The Morgan fingerprint density at radius 1 is 1.64 bits per heavy atom. The van der Waals surface area contributed by atoms with E-state index in [1.807, 2.05) is 12.2 Å². The van der Waals surface area contributed by atoms with E-state index < -0.39 is 0 Å². The highest BCUT2D eigenvalue weighted by Gasteiger charge is 2.41. The maximum atomic E-state index is 11.1. The monoisotopic (exact) mass is 154 g/mol. The average molecular weight is 154 g/mol. The Hall–Kier alpha value is -0.830. The van der Waals surface area contributed by atoms with Crippen LogP contribution in [0.25, 0.3) is 0 Å². The third-order valence-electron chi connectivity index (χ3n) is 2.23. The van der Waals surface area contributed by atoms with E-state index in [1.54, 1.807) is 0 Å². The van der Waals surface area contributed by atoms with Gasteiger partial charge in [-0.1, -0.05) is 12.2 Å². The molecule has 0 aromatic rings. The molecule has 0 aromatic carbocycles. The van der Waals surface area contributed by atoms with Gasteiger partial charge in [-0.05, 0) is 6.42 Å². The molecule has 0 unspecified atom stereocenters. The summed E-state index contributed by atoms with van der Waals surface area (Å²) in [6.07, 6.45) is 4.87. The number of carbonyl (C=O) groups excluding carboxylic acids is 1. The van der Waals surface area contributed by atoms with Crippen LogP contribution in [0, 0.1) is 5.92 Å². The number of esters is 1. The van der Waals surface area contributed by atoms with Crippen LogP contribution in [0.1, 0.15) is 6.42 Å². The van der Waals surface area contributed by atoms with Gasteiger partial charge in [-0.25, -0.2) is 0 Å². The molecule has 0 aromatic heterocycles. The largest absolute Gasteiger partial charge is 0.469 e. The van der Waals surface area contributed by atoms with E-state index in [0.717, 1.165) is 6.42 Å². The van der Waals surface area contributed by atoms with Gasteiger partial charge >= 0.3 is 5.97 Å². The molecule has 0 aliphatic carbocycles. The Kier molecular flexibility index (Phi) is 1.46. The molecular formula is C8H10O3. The summed E-state index contributed by atoms with van der Waals surface area (Å²) < 4.78 is 10.0. The molecule has 2 rings (SSSR count). The number of methoxy groups -OCH3 is 1. The highest BCUT2D eigenvalue weighted by atomic mass is 16.5. The third-order valence-corrected chi connectivity index (χ3v) is 2.23. The number of ether oxygens (including phenoxy) is 2. The van der Waals surface area contributed by atoms with E-state index >= 15 is 0 Å². The predicted octanol–water partition coefficient (Wildman–Crippen LogP) is 0.503. The van der Waals surface area contributed by atoms with Crippen LogP contribution in [-0.4, -0.2) is 25.3 Å². The molecule has 0 amide bonds. The molecule has 11 heavy (non-hydrogen) atoms. The summed E-state index contributed by atoms with van der Waals surface area (Å²) in [7, 11) is 1.41. The van der Waals surface area contributed by atoms with Gasteiger partial charge in [0, 0.05) is 0 Å². The molecule has 1 fully saturated rings. The van der Waals surface area contributed by atoms with Crippen molar-refractivity contribution in [1.82, 2.24) is 0 Å². The zero-order valence-electron chi connectivity index (χ0n) is 6.32. The van der Waals surface area contributed by atoms with Crippen LogP contribution >= 0.6 is 0 Å². The highest BCUT2D eigenvalue weighted by Crippen LogP contribution is 2.34. The van der Waals surface area contributed by atoms with E-state index in [0.29, 0.717) is 0 Å². The summed E-state index contributed by atoms with van der Waals surface area (Å²) in [6, 6.07) is 0. The molecule has 1 saturated heterocycles. The predicted molar refractivity (Wildman–Crippen MR) is 37.9 cm³/mol. The molecule has 3 heteroatoms. The van der Waals surface area contributed by atoms with Gasteiger partial charge in [0.05, 0.1) is 25.2 Å². The van der Waals surface area contributed by atoms with Gasteiger partial charge in [0.15, 0.2) is 0 Å². The van der Waals surface area contributed by atoms with Gasteiger partial charge in [-0.3, -0.25) is 4.79 Å². The van der Waals surface area contributed by atoms with Crippen molar-refractivity contribution >= 4 is 5.97 Å². The van der Waals surface area contributed by atoms with Gasteiger partial charge in [0.25, 0.3) is 0 Å². The molecule has 0 N–H and O–H groups in total. The Morgan fingerprint density at radius 2 is 2.45 bits per heavy atom. The summed E-state index contributed by atoms with van der Waals surface area (Å²) in [5.74, 6) is -0.211. The lowest BCUT2D eigenvalue weighted by Crippen LogP contribution is -2.24. The first kappa shape index (κ1) is 6.85. The molecule has 3 atom stereocenters. The summed E-state index contributed by atoms with van der Waals surface area (Å²) in [6.45, 7) is 0. The van der Waals surface area contributed by atoms with Crippen molar-refractivity contribution in [3.05, 3.63) is 12.2 Å². The first-order valence-electron chi connectivity index (χ1n) is 3.73. The van der Waals surface area contributed by atoms with Crippen LogP contribution in [0.4, 0.5) is 0 Å². The van der Waals surface area contributed by atoms with Gasteiger partial charge in [-0.15, -0.1) is 0 Å². The van der Waals surface area contributed by atoms with Gasteiger partial charge < -0.3 is 9.47 Å². The minimum atomic E-state index is -0.151. The Morgan fingerprint density at radius 3 is 2.91 bits per heavy atom. The highest BCUT2D eigenvalue weighted by molar-refractivity contribution is 5.74. The lowest BCUT2D eigenvalue weighted by molar-refractivity contribution is -0.146. The fourth-order valence-corrected chi connectivity index (χ4v) is 1.66. The molecule has 0 spiro atoms. The minimum Gasteiger partial charge on any atom is -0.469 e.